The summed E-state index contributed by atoms with van der Waals surface area (Å²) in [7, 11) is 3.17. The molecule has 1 aromatic heterocycles. The van der Waals surface area contributed by atoms with E-state index in [0.717, 1.165) is 10.0 Å². The van der Waals surface area contributed by atoms with E-state index < -0.39 is 29.3 Å². The van der Waals surface area contributed by atoms with Gasteiger partial charge in [0.2, 0.25) is 0 Å². The average Bonchev–Trinajstić information content (AvgIpc) is 3.43. The molecule has 40 heavy (non-hydrogen) atoms. The van der Waals surface area contributed by atoms with Crippen LogP contribution in [-0.2, 0) is 24.5 Å². The van der Waals surface area contributed by atoms with Crippen LogP contribution in [0.1, 0.15) is 44.2 Å². The zero-order valence-electron chi connectivity index (χ0n) is 23.4. The van der Waals surface area contributed by atoms with Gasteiger partial charge in [-0.25, -0.2) is 9.78 Å². The van der Waals surface area contributed by atoms with E-state index in [-0.39, 0.29) is 13.2 Å². The summed E-state index contributed by atoms with van der Waals surface area (Å²) in [6, 6.07) is 12.7. The Bertz CT molecular complexity index is 1420. The molecule has 0 saturated heterocycles. The minimum absolute atomic E-state index is 0.185. The molecule has 1 aliphatic rings. The van der Waals surface area contributed by atoms with E-state index in [1.807, 2.05) is 55.6 Å². The van der Waals surface area contributed by atoms with Crippen molar-refractivity contribution in [2.75, 3.05) is 27.4 Å². The summed E-state index contributed by atoms with van der Waals surface area (Å²) in [5.41, 5.74) is 1.76. The maximum atomic E-state index is 14.1. The number of carbonyl (C=O) groups is 2. The summed E-state index contributed by atoms with van der Waals surface area (Å²) in [6.07, 6.45) is 0. The normalized spacial score (nSPS) is 20.5. The van der Waals surface area contributed by atoms with Crippen LogP contribution in [0.25, 0.3) is 11.3 Å². The molecule has 212 valence electrons. The lowest BCUT2D eigenvalue weighted by Gasteiger charge is -2.47. The van der Waals surface area contributed by atoms with Crippen LogP contribution >= 0.6 is 27.3 Å². The Morgan fingerprint density at radius 2 is 1.73 bits per heavy atom. The number of thiazole rings is 1. The third kappa shape index (κ3) is 5.10. The molecule has 2 heterocycles. The van der Waals surface area contributed by atoms with Gasteiger partial charge in [0.15, 0.2) is 0 Å². The van der Waals surface area contributed by atoms with Gasteiger partial charge in [-0.1, -0.05) is 30.3 Å². The minimum Gasteiger partial charge on any atom is -0.496 e. The first kappa shape index (κ1) is 29.6. The highest BCUT2D eigenvalue weighted by molar-refractivity contribution is 9.10. The number of carbonyl (C=O) groups excluding carboxylic acids is 2. The number of hydrogen-bond acceptors (Lipinski definition) is 9. The SMILES string of the molecule is CCOC(=O)C1=C(C)NC(C)C(C(=O)OCC)(c2ccccc2)C1c1nc(-c2cc(Br)c(OC)cc2OC)cs1. The van der Waals surface area contributed by atoms with Crippen LogP contribution in [0.15, 0.2) is 63.6 Å². The first-order valence-corrected chi connectivity index (χ1v) is 14.7. The Hall–Kier alpha value is -3.37. The number of esters is 2. The Morgan fingerprint density at radius 1 is 1.05 bits per heavy atom. The molecule has 0 radical (unpaired) electrons. The van der Waals surface area contributed by atoms with E-state index in [9.17, 15) is 9.59 Å². The molecule has 1 N–H and O–H groups in total. The van der Waals surface area contributed by atoms with Gasteiger partial charge in [0.25, 0.3) is 0 Å². The van der Waals surface area contributed by atoms with Gasteiger partial charge in [-0.05, 0) is 55.3 Å². The highest BCUT2D eigenvalue weighted by Gasteiger charge is 2.59. The number of rotatable bonds is 9. The highest BCUT2D eigenvalue weighted by Crippen LogP contribution is 2.52. The molecule has 3 unspecified atom stereocenters. The molecule has 1 aliphatic heterocycles. The number of nitrogens with zero attached hydrogens (tertiary/aromatic N) is 1. The topological polar surface area (TPSA) is 96.0 Å². The molecule has 0 aliphatic carbocycles. The van der Waals surface area contributed by atoms with Gasteiger partial charge in [0.05, 0.1) is 49.1 Å². The lowest BCUT2D eigenvalue weighted by Crippen LogP contribution is -2.60. The summed E-state index contributed by atoms with van der Waals surface area (Å²) in [5, 5.41) is 5.87. The molecule has 0 fully saturated rings. The van der Waals surface area contributed by atoms with Crippen LogP contribution in [-0.4, -0.2) is 50.4 Å². The standard InChI is InChI=1S/C30H33BrN2O6S/c1-7-38-28(34)25-17(3)32-18(4)30(29(35)39-8-2,19-12-10-9-11-13-19)26(25)27-33-22(16-40-27)20-14-21(31)24(37-6)15-23(20)36-5/h9-16,18,26,32H,7-8H2,1-6H3. The Morgan fingerprint density at radius 3 is 2.35 bits per heavy atom. The zero-order valence-corrected chi connectivity index (χ0v) is 25.8. The summed E-state index contributed by atoms with van der Waals surface area (Å²) < 4.78 is 23.1. The quantitative estimate of drug-likeness (QED) is 0.288. The van der Waals surface area contributed by atoms with Crippen molar-refractivity contribution in [1.82, 2.24) is 10.3 Å². The lowest BCUT2D eigenvalue weighted by atomic mass is 9.61. The fraction of sp³-hybridized carbons (Fsp3) is 0.367. The van der Waals surface area contributed by atoms with E-state index in [2.05, 4.69) is 21.2 Å². The number of benzene rings is 2. The van der Waals surface area contributed by atoms with Gasteiger partial charge in [0, 0.05) is 28.7 Å². The molecular weight excluding hydrogens is 596 g/mol. The van der Waals surface area contributed by atoms with Crippen LogP contribution in [0, 0.1) is 0 Å². The Labute approximate surface area is 246 Å². The van der Waals surface area contributed by atoms with Crippen LogP contribution in [0.2, 0.25) is 0 Å². The van der Waals surface area contributed by atoms with Gasteiger partial charge >= 0.3 is 11.9 Å². The zero-order chi connectivity index (χ0) is 29.0. The van der Waals surface area contributed by atoms with Gasteiger partial charge in [0.1, 0.15) is 21.9 Å². The van der Waals surface area contributed by atoms with Gasteiger partial charge in [-0.15, -0.1) is 11.3 Å². The van der Waals surface area contributed by atoms with Crippen molar-refractivity contribution in [3.63, 3.8) is 0 Å². The summed E-state index contributed by atoms with van der Waals surface area (Å²) >= 11 is 4.93. The lowest BCUT2D eigenvalue weighted by molar-refractivity contribution is -0.153. The van der Waals surface area contributed by atoms with Crippen molar-refractivity contribution in [2.45, 2.75) is 45.1 Å². The van der Waals surface area contributed by atoms with Crippen molar-refractivity contribution < 1.29 is 28.5 Å². The molecule has 4 rings (SSSR count). The summed E-state index contributed by atoms with van der Waals surface area (Å²) in [6.45, 7) is 7.66. The van der Waals surface area contributed by atoms with E-state index >= 15 is 0 Å². The number of ether oxygens (including phenoxy) is 4. The molecule has 8 nitrogen and oxygen atoms in total. The number of aromatic nitrogens is 1. The predicted octanol–water partition coefficient (Wildman–Crippen LogP) is 6.00. The summed E-state index contributed by atoms with van der Waals surface area (Å²) in [5.74, 6) is -0.530. The van der Waals surface area contributed by atoms with Crippen molar-refractivity contribution in [3.05, 3.63) is 74.2 Å². The largest absolute Gasteiger partial charge is 0.496 e. The Balaban J connectivity index is 2.01. The third-order valence-corrected chi connectivity index (χ3v) is 8.67. The van der Waals surface area contributed by atoms with E-state index in [1.165, 1.54) is 11.3 Å². The monoisotopic (exact) mass is 628 g/mol. The maximum absolute atomic E-state index is 14.1. The molecule has 0 bridgehead atoms. The minimum atomic E-state index is -1.31. The number of hydrogen-bond donors (Lipinski definition) is 1. The van der Waals surface area contributed by atoms with Crippen molar-refractivity contribution in [1.29, 1.82) is 0 Å². The average molecular weight is 630 g/mol. The highest BCUT2D eigenvalue weighted by atomic mass is 79.9. The fourth-order valence-electron chi connectivity index (χ4n) is 5.41. The molecule has 3 atom stereocenters. The fourth-order valence-corrected chi connectivity index (χ4v) is 6.91. The van der Waals surface area contributed by atoms with Crippen molar-refractivity contribution in [3.8, 4) is 22.8 Å². The number of nitrogens with one attached hydrogen (secondary N) is 1. The van der Waals surface area contributed by atoms with Crippen molar-refractivity contribution >= 4 is 39.2 Å². The smallest absolute Gasteiger partial charge is 0.336 e. The molecule has 0 saturated carbocycles. The second-order valence-corrected chi connectivity index (χ2v) is 11.0. The number of halogens is 1. The van der Waals surface area contributed by atoms with Crippen LogP contribution in [0.5, 0.6) is 11.5 Å². The van der Waals surface area contributed by atoms with E-state index in [4.69, 9.17) is 23.9 Å². The van der Waals surface area contributed by atoms with E-state index in [1.54, 1.807) is 34.1 Å². The van der Waals surface area contributed by atoms with Gasteiger partial charge in [-0.3, -0.25) is 4.79 Å². The van der Waals surface area contributed by atoms with Crippen LogP contribution < -0.4 is 14.8 Å². The van der Waals surface area contributed by atoms with E-state index in [0.29, 0.717) is 39.0 Å². The van der Waals surface area contributed by atoms with Crippen LogP contribution in [0.3, 0.4) is 0 Å². The molecule has 2 aromatic carbocycles. The first-order valence-electron chi connectivity index (χ1n) is 13.0. The van der Waals surface area contributed by atoms with Crippen molar-refractivity contribution in [2.24, 2.45) is 0 Å². The predicted molar refractivity (Wildman–Crippen MR) is 158 cm³/mol. The second-order valence-electron chi connectivity index (χ2n) is 9.27. The third-order valence-electron chi connectivity index (χ3n) is 7.14. The van der Waals surface area contributed by atoms with Gasteiger partial charge < -0.3 is 24.3 Å². The molecular formula is C30H33BrN2O6S. The Kier molecular flexibility index (Phi) is 9.20. The molecule has 0 amide bonds. The van der Waals surface area contributed by atoms with Gasteiger partial charge in [-0.2, -0.15) is 0 Å². The number of methoxy groups -OCH3 is 2. The van der Waals surface area contributed by atoms with Crippen LogP contribution in [0.4, 0.5) is 0 Å². The molecule has 3 aromatic rings. The molecule has 0 spiro atoms. The first-order chi connectivity index (χ1) is 19.2. The molecule has 10 heteroatoms. The maximum Gasteiger partial charge on any atom is 0.336 e. The summed E-state index contributed by atoms with van der Waals surface area (Å²) in [4.78, 5) is 32.7. The second kappa shape index (κ2) is 12.4. The number of allylic oxidation sites excluding steroid dienone is 1.